The summed E-state index contributed by atoms with van der Waals surface area (Å²) >= 11 is 0. The summed E-state index contributed by atoms with van der Waals surface area (Å²) in [7, 11) is -3.51. The van der Waals surface area contributed by atoms with Gasteiger partial charge in [-0.1, -0.05) is 13.0 Å². The molecule has 0 unspecified atom stereocenters. The summed E-state index contributed by atoms with van der Waals surface area (Å²) in [6.45, 7) is 7.29. The molecule has 1 aromatic rings. The molecule has 6 nitrogen and oxygen atoms in total. The fraction of sp³-hybridized carbons (Fsp3) is 0.632. The first-order valence-corrected chi connectivity index (χ1v) is 11.0. The van der Waals surface area contributed by atoms with Gasteiger partial charge in [-0.3, -0.25) is 4.79 Å². The molecule has 2 aliphatic rings. The third kappa shape index (κ3) is 3.94. The molecular weight excluding hydrogens is 350 g/mol. The van der Waals surface area contributed by atoms with Crippen molar-refractivity contribution in [3.8, 4) is 0 Å². The molecule has 1 fully saturated rings. The van der Waals surface area contributed by atoms with Crippen molar-refractivity contribution in [1.29, 1.82) is 0 Å². The third-order valence-corrected chi connectivity index (χ3v) is 7.34. The highest BCUT2D eigenvalue weighted by atomic mass is 32.2. The Morgan fingerprint density at radius 3 is 2.62 bits per heavy atom. The Kier molecular flexibility index (Phi) is 5.99. The number of hydrogen-bond donors (Lipinski definition) is 1. The maximum atomic E-state index is 13.1. The first kappa shape index (κ1) is 19.3. The summed E-state index contributed by atoms with van der Waals surface area (Å²) < 4.78 is 27.7. The maximum absolute atomic E-state index is 13.1. The standard InChI is InChI=1S/C19H29N3O3S/c1-3-20-14-16-8-11-21(12-9-16)26(24,25)18-7-6-17-5-4-10-22(15(2)23)19(17)13-18/h6-7,13,16,20H,3-5,8-12,14H2,1-2H3. The minimum atomic E-state index is -3.51. The van der Waals surface area contributed by atoms with Crippen LogP contribution in [0, 0.1) is 5.92 Å². The van der Waals surface area contributed by atoms with Crippen LogP contribution >= 0.6 is 0 Å². The van der Waals surface area contributed by atoms with Crippen molar-refractivity contribution in [2.75, 3.05) is 37.6 Å². The summed E-state index contributed by atoms with van der Waals surface area (Å²) in [5.41, 5.74) is 1.81. The van der Waals surface area contributed by atoms with Crippen LogP contribution in [0.1, 0.15) is 38.7 Å². The molecular formula is C19H29N3O3S. The highest BCUT2D eigenvalue weighted by Gasteiger charge is 2.31. The number of piperidine rings is 1. The zero-order valence-corrected chi connectivity index (χ0v) is 16.5. The lowest BCUT2D eigenvalue weighted by molar-refractivity contribution is -0.116. The van der Waals surface area contributed by atoms with Crippen LogP contribution in [-0.2, 0) is 21.2 Å². The van der Waals surface area contributed by atoms with Gasteiger partial charge in [0.1, 0.15) is 0 Å². The number of sulfonamides is 1. The normalized spacial score (nSPS) is 19.4. The zero-order valence-electron chi connectivity index (χ0n) is 15.7. The first-order valence-electron chi connectivity index (χ1n) is 9.55. The number of carbonyl (C=O) groups is 1. The van der Waals surface area contributed by atoms with Gasteiger partial charge >= 0.3 is 0 Å². The molecule has 0 atom stereocenters. The number of aryl methyl sites for hydroxylation is 1. The number of nitrogens with zero attached hydrogens (tertiary/aromatic N) is 2. The Hall–Kier alpha value is -1.44. The van der Waals surface area contributed by atoms with Crippen molar-refractivity contribution in [1.82, 2.24) is 9.62 Å². The first-order chi connectivity index (χ1) is 12.4. The van der Waals surface area contributed by atoms with Gasteiger partial charge in [0.2, 0.25) is 15.9 Å². The molecule has 7 heteroatoms. The number of hydrogen-bond acceptors (Lipinski definition) is 4. The van der Waals surface area contributed by atoms with Crippen molar-refractivity contribution in [3.63, 3.8) is 0 Å². The number of benzene rings is 1. The lowest BCUT2D eigenvalue weighted by atomic mass is 9.98. The van der Waals surface area contributed by atoms with E-state index in [-0.39, 0.29) is 5.91 Å². The Bertz CT molecular complexity index is 755. The van der Waals surface area contributed by atoms with Crippen LogP contribution < -0.4 is 10.2 Å². The van der Waals surface area contributed by atoms with E-state index in [9.17, 15) is 13.2 Å². The van der Waals surface area contributed by atoms with E-state index in [2.05, 4.69) is 12.2 Å². The number of fused-ring (bicyclic) bond motifs is 1. The summed E-state index contributed by atoms with van der Waals surface area (Å²) in [5.74, 6) is 0.503. The number of carbonyl (C=O) groups excluding carboxylic acids is 1. The molecule has 0 aromatic heterocycles. The summed E-state index contributed by atoms with van der Waals surface area (Å²) in [4.78, 5) is 13.9. The number of anilines is 1. The van der Waals surface area contributed by atoms with E-state index in [1.165, 1.54) is 6.92 Å². The van der Waals surface area contributed by atoms with Crippen LogP contribution in [0.15, 0.2) is 23.1 Å². The van der Waals surface area contributed by atoms with Gasteiger partial charge in [-0.15, -0.1) is 0 Å². The molecule has 0 aliphatic carbocycles. The van der Waals surface area contributed by atoms with Crippen LogP contribution in [0.2, 0.25) is 0 Å². The smallest absolute Gasteiger partial charge is 0.243 e. The number of nitrogens with one attached hydrogen (secondary N) is 1. The van der Waals surface area contributed by atoms with Crippen molar-refractivity contribution < 1.29 is 13.2 Å². The monoisotopic (exact) mass is 379 g/mol. The van der Waals surface area contributed by atoms with E-state index < -0.39 is 10.0 Å². The summed E-state index contributed by atoms with van der Waals surface area (Å²) in [6, 6.07) is 5.26. The van der Waals surface area contributed by atoms with Gasteiger partial charge in [0.05, 0.1) is 4.90 Å². The van der Waals surface area contributed by atoms with Crippen molar-refractivity contribution >= 4 is 21.6 Å². The van der Waals surface area contributed by atoms with Crippen LogP contribution in [0.4, 0.5) is 5.69 Å². The van der Waals surface area contributed by atoms with Crippen LogP contribution in [0.5, 0.6) is 0 Å². The molecule has 1 amide bonds. The van der Waals surface area contributed by atoms with Gasteiger partial charge in [-0.25, -0.2) is 8.42 Å². The molecule has 144 valence electrons. The lowest BCUT2D eigenvalue weighted by Crippen LogP contribution is -2.41. The fourth-order valence-corrected chi connectivity index (χ4v) is 5.38. The second-order valence-corrected chi connectivity index (χ2v) is 9.16. The molecule has 3 rings (SSSR count). The highest BCUT2D eigenvalue weighted by molar-refractivity contribution is 7.89. The Balaban J connectivity index is 1.78. The average molecular weight is 380 g/mol. The molecule has 26 heavy (non-hydrogen) atoms. The Morgan fingerprint density at radius 1 is 1.23 bits per heavy atom. The number of rotatable bonds is 5. The van der Waals surface area contributed by atoms with E-state index >= 15 is 0 Å². The predicted molar refractivity (Wildman–Crippen MR) is 103 cm³/mol. The van der Waals surface area contributed by atoms with Gasteiger partial charge in [0.15, 0.2) is 0 Å². The largest absolute Gasteiger partial charge is 0.317 e. The van der Waals surface area contributed by atoms with E-state index in [0.717, 1.165) is 50.0 Å². The highest BCUT2D eigenvalue weighted by Crippen LogP contribution is 2.32. The molecule has 0 bridgehead atoms. The van der Waals surface area contributed by atoms with E-state index in [4.69, 9.17) is 0 Å². The molecule has 1 aromatic carbocycles. The van der Waals surface area contributed by atoms with Gasteiger partial charge in [-0.2, -0.15) is 4.31 Å². The van der Waals surface area contributed by atoms with Gasteiger partial charge < -0.3 is 10.2 Å². The summed E-state index contributed by atoms with van der Waals surface area (Å²) in [5, 5.41) is 3.35. The molecule has 0 radical (unpaired) electrons. The quantitative estimate of drug-likeness (QED) is 0.849. The minimum Gasteiger partial charge on any atom is -0.317 e. The van der Waals surface area contributed by atoms with Gasteiger partial charge in [0, 0.05) is 32.2 Å². The van der Waals surface area contributed by atoms with Crippen LogP contribution in [-0.4, -0.2) is 51.4 Å². The summed E-state index contributed by atoms with van der Waals surface area (Å²) in [6.07, 6.45) is 3.57. The SMILES string of the molecule is CCNCC1CCN(S(=O)(=O)c2ccc3c(c2)N(C(C)=O)CCC3)CC1. The third-order valence-electron chi connectivity index (χ3n) is 5.45. The van der Waals surface area contributed by atoms with Gasteiger partial charge in [-0.05, 0) is 62.4 Å². The molecule has 1 saturated heterocycles. The number of amides is 1. The van der Waals surface area contributed by atoms with Gasteiger partial charge in [0.25, 0.3) is 0 Å². The molecule has 0 saturated carbocycles. The van der Waals surface area contributed by atoms with E-state index in [0.29, 0.717) is 30.4 Å². The second kappa shape index (κ2) is 8.06. The lowest BCUT2D eigenvalue weighted by Gasteiger charge is -2.32. The van der Waals surface area contributed by atoms with Crippen molar-refractivity contribution in [2.45, 2.75) is 44.4 Å². The van der Waals surface area contributed by atoms with Crippen LogP contribution in [0.25, 0.3) is 0 Å². The average Bonchev–Trinajstić information content (AvgIpc) is 2.65. The Morgan fingerprint density at radius 2 is 1.96 bits per heavy atom. The Labute approximate surface area is 156 Å². The second-order valence-electron chi connectivity index (χ2n) is 7.22. The fourth-order valence-electron chi connectivity index (χ4n) is 3.89. The van der Waals surface area contributed by atoms with Crippen molar-refractivity contribution in [3.05, 3.63) is 23.8 Å². The van der Waals surface area contributed by atoms with Crippen LogP contribution in [0.3, 0.4) is 0 Å². The molecule has 0 spiro atoms. The zero-order chi connectivity index (χ0) is 18.7. The predicted octanol–water partition coefficient (Wildman–Crippen LogP) is 2.00. The minimum absolute atomic E-state index is 0.0373. The molecule has 1 N–H and O–H groups in total. The topological polar surface area (TPSA) is 69.7 Å². The van der Waals surface area contributed by atoms with Crippen molar-refractivity contribution in [2.24, 2.45) is 5.92 Å². The van der Waals surface area contributed by atoms with E-state index in [1.807, 2.05) is 6.07 Å². The van der Waals surface area contributed by atoms with E-state index in [1.54, 1.807) is 21.3 Å². The maximum Gasteiger partial charge on any atom is 0.243 e. The molecule has 2 heterocycles. The molecule has 2 aliphatic heterocycles.